The number of ether oxygens (including phenoxy) is 2. The van der Waals surface area contributed by atoms with Gasteiger partial charge in [0.15, 0.2) is 11.0 Å². The van der Waals surface area contributed by atoms with Crippen LogP contribution in [-0.4, -0.2) is 51.2 Å². The molecule has 0 bridgehead atoms. The zero-order valence-electron chi connectivity index (χ0n) is 17.1. The van der Waals surface area contributed by atoms with Crippen LogP contribution in [0, 0.1) is 0 Å². The molecule has 2 heterocycles. The van der Waals surface area contributed by atoms with Crippen molar-refractivity contribution in [3.8, 4) is 22.9 Å². The van der Waals surface area contributed by atoms with E-state index in [-0.39, 0.29) is 11.7 Å². The van der Waals surface area contributed by atoms with Gasteiger partial charge in [0.05, 0.1) is 18.9 Å². The number of aromatic nitrogens is 4. The first-order valence-electron chi connectivity index (χ1n) is 9.80. The molecule has 1 amide bonds. The van der Waals surface area contributed by atoms with Crippen molar-refractivity contribution in [1.29, 1.82) is 0 Å². The third kappa shape index (κ3) is 5.96. The number of rotatable bonds is 11. The van der Waals surface area contributed by atoms with E-state index in [9.17, 15) is 4.79 Å². The fourth-order valence-electron chi connectivity index (χ4n) is 2.73. The van der Waals surface area contributed by atoms with Crippen molar-refractivity contribution in [1.82, 2.24) is 25.1 Å². The number of carbonyl (C=O) groups is 1. The lowest BCUT2D eigenvalue weighted by Gasteiger charge is -2.09. The molecule has 8 nitrogen and oxygen atoms in total. The zero-order chi connectivity index (χ0) is 21.2. The van der Waals surface area contributed by atoms with Crippen LogP contribution in [0.5, 0.6) is 11.5 Å². The van der Waals surface area contributed by atoms with Crippen LogP contribution < -0.4 is 14.8 Å². The Hall–Kier alpha value is -3.07. The van der Waals surface area contributed by atoms with Gasteiger partial charge in [-0.2, -0.15) is 0 Å². The van der Waals surface area contributed by atoms with Crippen molar-refractivity contribution >= 4 is 17.7 Å². The zero-order valence-corrected chi connectivity index (χ0v) is 17.9. The summed E-state index contributed by atoms with van der Waals surface area (Å²) in [5.74, 6) is 2.50. The molecule has 2 aromatic heterocycles. The number of hydrogen-bond donors (Lipinski definition) is 1. The summed E-state index contributed by atoms with van der Waals surface area (Å²) >= 11 is 1.36. The highest BCUT2D eigenvalue weighted by molar-refractivity contribution is 7.99. The Kier molecular flexibility index (Phi) is 8.08. The first-order chi connectivity index (χ1) is 14.7. The van der Waals surface area contributed by atoms with Crippen molar-refractivity contribution in [2.45, 2.75) is 25.5 Å². The van der Waals surface area contributed by atoms with E-state index in [1.807, 2.05) is 54.8 Å². The Bertz CT molecular complexity index is 932. The molecule has 0 saturated carbocycles. The minimum Gasteiger partial charge on any atom is -0.494 e. The number of nitrogens with zero attached hydrogens (tertiary/aromatic N) is 4. The highest BCUT2D eigenvalue weighted by atomic mass is 32.2. The van der Waals surface area contributed by atoms with E-state index < -0.39 is 0 Å². The number of thioether (sulfide) groups is 1. The molecule has 1 aromatic carbocycles. The van der Waals surface area contributed by atoms with E-state index in [1.54, 1.807) is 12.4 Å². The maximum absolute atomic E-state index is 12.2. The largest absolute Gasteiger partial charge is 0.494 e. The van der Waals surface area contributed by atoms with Crippen LogP contribution >= 0.6 is 11.8 Å². The van der Waals surface area contributed by atoms with Crippen LogP contribution in [0.2, 0.25) is 0 Å². The van der Waals surface area contributed by atoms with E-state index in [2.05, 4.69) is 20.5 Å². The average Bonchev–Trinajstić information content (AvgIpc) is 3.20. The van der Waals surface area contributed by atoms with Gasteiger partial charge in [0.25, 0.3) is 0 Å². The van der Waals surface area contributed by atoms with Gasteiger partial charge in [0, 0.05) is 24.5 Å². The van der Waals surface area contributed by atoms with Gasteiger partial charge >= 0.3 is 0 Å². The molecule has 0 unspecified atom stereocenters. The number of carbonyl (C=O) groups excluding carboxylic acids is 1. The van der Waals surface area contributed by atoms with Crippen LogP contribution in [0.3, 0.4) is 0 Å². The van der Waals surface area contributed by atoms with Crippen molar-refractivity contribution in [3.63, 3.8) is 0 Å². The number of hydrogen-bond acceptors (Lipinski definition) is 7. The molecule has 9 heteroatoms. The lowest BCUT2D eigenvalue weighted by molar-refractivity contribution is -0.118. The van der Waals surface area contributed by atoms with Gasteiger partial charge in [-0.15, -0.1) is 10.2 Å². The molecule has 0 aliphatic carbocycles. The van der Waals surface area contributed by atoms with Crippen molar-refractivity contribution in [2.75, 3.05) is 25.5 Å². The van der Waals surface area contributed by atoms with Crippen LogP contribution in [0.15, 0.2) is 53.9 Å². The average molecular weight is 428 g/mol. The van der Waals surface area contributed by atoms with E-state index >= 15 is 0 Å². The lowest BCUT2D eigenvalue weighted by Crippen LogP contribution is -2.29. The Morgan fingerprint density at radius 2 is 1.73 bits per heavy atom. The first kappa shape index (κ1) is 21.6. The standard InChI is InChI=1S/C21H25N5O3S/c1-3-26-20(16-9-11-22-12-10-16)24-25-21(26)30-15-19(27)23-13-14-29-18-7-5-17(6-8-18)28-4-2/h5-12H,3-4,13-15H2,1-2H3,(H,23,27). The summed E-state index contributed by atoms with van der Waals surface area (Å²) in [7, 11) is 0. The molecule has 0 aliphatic rings. The molecule has 30 heavy (non-hydrogen) atoms. The molecule has 158 valence electrons. The number of pyridine rings is 1. The van der Waals surface area contributed by atoms with Gasteiger partial charge < -0.3 is 19.4 Å². The normalized spacial score (nSPS) is 10.6. The third-order valence-corrected chi connectivity index (χ3v) is 5.10. The SMILES string of the molecule is CCOc1ccc(OCCNC(=O)CSc2nnc(-c3ccncc3)n2CC)cc1. The van der Waals surface area contributed by atoms with E-state index in [4.69, 9.17) is 9.47 Å². The second-order valence-corrected chi connectivity index (χ2v) is 7.12. The molecule has 0 atom stereocenters. The molecular weight excluding hydrogens is 402 g/mol. The minimum atomic E-state index is -0.0774. The quantitative estimate of drug-likeness (QED) is 0.371. The predicted octanol–water partition coefficient (Wildman–Crippen LogP) is 3.05. The van der Waals surface area contributed by atoms with Gasteiger partial charge in [-0.25, -0.2) is 0 Å². The minimum absolute atomic E-state index is 0.0774. The summed E-state index contributed by atoms with van der Waals surface area (Å²) in [5, 5.41) is 12.1. The highest BCUT2D eigenvalue weighted by Gasteiger charge is 2.14. The number of nitrogens with one attached hydrogen (secondary N) is 1. The van der Waals surface area contributed by atoms with E-state index in [1.165, 1.54) is 11.8 Å². The second kappa shape index (κ2) is 11.2. The molecule has 3 rings (SSSR count). The maximum Gasteiger partial charge on any atom is 0.230 e. The van der Waals surface area contributed by atoms with Crippen LogP contribution in [0.4, 0.5) is 0 Å². The summed E-state index contributed by atoms with van der Waals surface area (Å²) in [4.78, 5) is 16.2. The van der Waals surface area contributed by atoms with Crippen molar-refractivity contribution < 1.29 is 14.3 Å². The molecule has 0 saturated heterocycles. The van der Waals surface area contributed by atoms with Crippen molar-refractivity contribution in [3.05, 3.63) is 48.8 Å². The highest BCUT2D eigenvalue weighted by Crippen LogP contribution is 2.23. The fourth-order valence-corrected chi connectivity index (χ4v) is 3.57. The lowest BCUT2D eigenvalue weighted by atomic mass is 10.2. The van der Waals surface area contributed by atoms with Gasteiger partial charge in [-0.1, -0.05) is 11.8 Å². The number of amides is 1. The van der Waals surface area contributed by atoms with Crippen LogP contribution in [0.1, 0.15) is 13.8 Å². The summed E-state index contributed by atoms with van der Waals surface area (Å²) < 4.78 is 13.0. The Morgan fingerprint density at radius 3 is 2.40 bits per heavy atom. The van der Waals surface area contributed by atoms with E-state index in [0.717, 1.165) is 22.9 Å². The topological polar surface area (TPSA) is 91.2 Å². The molecule has 0 spiro atoms. The van der Waals surface area contributed by atoms with Gasteiger partial charge in [-0.3, -0.25) is 9.78 Å². The molecule has 0 aliphatic heterocycles. The fraction of sp³-hybridized carbons (Fsp3) is 0.333. The Morgan fingerprint density at radius 1 is 1.03 bits per heavy atom. The molecular formula is C21H25N5O3S. The number of benzene rings is 1. The monoisotopic (exact) mass is 427 g/mol. The van der Waals surface area contributed by atoms with E-state index in [0.29, 0.717) is 31.5 Å². The summed E-state index contributed by atoms with van der Waals surface area (Å²) in [6.07, 6.45) is 3.44. The van der Waals surface area contributed by atoms with Gasteiger partial charge in [0.1, 0.15) is 18.1 Å². The molecule has 0 fully saturated rings. The molecule has 3 aromatic rings. The van der Waals surface area contributed by atoms with Crippen LogP contribution in [0.25, 0.3) is 11.4 Å². The van der Waals surface area contributed by atoms with Crippen LogP contribution in [-0.2, 0) is 11.3 Å². The summed E-state index contributed by atoms with van der Waals surface area (Å²) in [6, 6.07) is 11.2. The van der Waals surface area contributed by atoms with Gasteiger partial charge in [0.2, 0.25) is 5.91 Å². The smallest absolute Gasteiger partial charge is 0.230 e. The van der Waals surface area contributed by atoms with Crippen molar-refractivity contribution in [2.24, 2.45) is 0 Å². The first-order valence-corrected chi connectivity index (χ1v) is 10.8. The summed E-state index contributed by atoms with van der Waals surface area (Å²) in [6.45, 7) is 6.12. The predicted molar refractivity (Wildman–Crippen MR) is 116 cm³/mol. The van der Waals surface area contributed by atoms with Gasteiger partial charge in [-0.05, 0) is 50.2 Å². The third-order valence-electron chi connectivity index (χ3n) is 4.13. The maximum atomic E-state index is 12.2. The molecule has 0 radical (unpaired) electrons. The summed E-state index contributed by atoms with van der Waals surface area (Å²) in [5.41, 5.74) is 0.946. The Labute approximate surface area is 180 Å². The second-order valence-electron chi connectivity index (χ2n) is 6.18. The Balaban J connectivity index is 1.42. The molecule has 1 N–H and O–H groups in total.